The molecule has 1 saturated heterocycles. The van der Waals surface area contributed by atoms with E-state index in [-0.39, 0.29) is 17.6 Å². The summed E-state index contributed by atoms with van der Waals surface area (Å²) in [7, 11) is 3.21. The molecule has 0 spiro atoms. The van der Waals surface area contributed by atoms with E-state index in [9.17, 15) is 9.18 Å². The fourth-order valence-electron chi connectivity index (χ4n) is 4.34. The van der Waals surface area contributed by atoms with Gasteiger partial charge in [-0.2, -0.15) is 0 Å². The van der Waals surface area contributed by atoms with Crippen LogP contribution in [0.4, 0.5) is 10.2 Å². The molecule has 0 bridgehead atoms. The Hall–Kier alpha value is -3.29. The molecule has 1 aliphatic heterocycles. The number of fused-ring (bicyclic) bond motifs is 2. The molecule has 1 aliphatic carbocycles. The molecule has 156 valence electrons. The quantitative estimate of drug-likeness (QED) is 0.658. The summed E-state index contributed by atoms with van der Waals surface area (Å²) in [5.41, 5.74) is 2.58. The van der Waals surface area contributed by atoms with E-state index in [2.05, 4.69) is 10.1 Å². The van der Waals surface area contributed by atoms with Gasteiger partial charge < -0.3 is 23.8 Å². The minimum absolute atomic E-state index is 0.137. The highest BCUT2D eigenvalue weighted by molar-refractivity contribution is 5.89. The summed E-state index contributed by atoms with van der Waals surface area (Å²) in [4.78, 5) is 17.1. The number of ether oxygens (including phenoxy) is 2. The van der Waals surface area contributed by atoms with Gasteiger partial charge in [0, 0.05) is 32.2 Å². The fraction of sp³-hybridized carbons (Fsp3) is 0.364. The van der Waals surface area contributed by atoms with E-state index in [1.165, 1.54) is 12.1 Å². The van der Waals surface area contributed by atoms with E-state index in [1.54, 1.807) is 20.3 Å². The van der Waals surface area contributed by atoms with Crippen LogP contribution in [0.1, 0.15) is 17.0 Å². The molecule has 1 aromatic heterocycles. The van der Waals surface area contributed by atoms with Gasteiger partial charge in [-0.3, -0.25) is 4.79 Å². The molecule has 0 N–H and O–H groups in total. The summed E-state index contributed by atoms with van der Waals surface area (Å²) in [6.45, 7) is 2.51. The van der Waals surface area contributed by atoms with Crippen molar-refractivity contribution in [1.82, 2.24) is 10.1 Å². The van der Waals surface area contributed by atoms with Crippen molar-refractivity contribution in [2.45, 2.75) is 12.3 Å². The third-order valence-corrected chi connectivity index (χ3v) is 6.05. The van der Waals surface area contributed by atoms with Crippen LogP contribution >= 0.6 is 0 Å². The smallest absolute Gasteiger partial charge is 0.230 e. The molecule has 3 aromatic rings. The Morgan fingerprint density at radius 2 is 1.83 bits per heavy atom. The van der Waals surface area contributed by atoms with Gasteiger partial charge in [0.1, 0.15) is 5.82 Å². The molecule has 1 unspecified atom stereocenters. The highest BCUT2D eigenvalue weighted by atomic mass is 19.1. The van der Waals surface area contributed by atoms with Gasteiger partial charge in [-0.25, -0.2) is 4.39 Å². The van der Waals surface area contributed by atoms with Crippen molar-refractivity contribution < 1.29 is 23.2 Å². The second-order valence-electron chi connectivity index (χ2n) is 7.62. The summed E-state index contributed by atoms with van der Waals surface area (Å²) in [5, 5.41) is 4.90. The Balaban J connectivity index is 1.27. The van der Waals surface area contributed by atoms with Crippen LogP contribution in [0.2, 0.25) is 0 Å². The Morgan fingerprint density at radius 3 is 2.57 bits per heavy atom. The molecule has 0 saturated carbocycles. The lowest BCUT2D eigenvalue weighted by molar-refractivity contribution is -0.133. The number of amides is 1. The van der Waals surface area contributed by atoms with E-state index in [0.29, 0.717) is 55.5 Å². The van der Waals surface area contributed by atoms with Gasteiger partial charge >= 0.3 is 0 Å². The lowest BCUT2D eigenvalue weighted by Gasteiger charge is -2.39. The first-order chi connectivity index (χ1) is 14.6. The van der Waals surface area contributed by atoms with Crippen LogP contribution in [0, 0.1) is 5.82 Å². The summed E-state index contributed by atoms with van der Waals surface area (Å²) >= 11 is 0. The number of rotatable bonds is 4. The van der Waals surface area contributed by atoms with E-state index >= 15 is 0 Å². The van der Waals surface area contributed by atoms with Crippen molar-refractivity contribution in [1.29, 1.82) is 0 Å². The first kappa shape index (κ1) is 18.7. The van der Waals surface area contributed by atoms with Crippen molar-refractivity contribution in [3.8, 4) is 11.5 Å². The summed E-state index contributed by atoms with van der Waals surface area (Å²) in [5.74, 6) is 1.69. The number of piperazine rings is 1. The van der Waals surface area contributed by atoms with Crippen LogP contribution in [0.3, 0.4) is 0 Å². The molecule has 30 heavy (non-hydrogen) atoms. The number of carbonyl (C=O) groups excluding carboxylic acids is 1. The minimum Gasteiger partial charge on any atom is -0.493 e. The zero-order valence-corrected chi connectivity index (χ0v) is 16.9. The Morgan fingerprint density at radius 1 is 1.10 bits per heavy atom. The molecule has 2 aliphatic rings. The number of benzene rings is 2. The highest BCUT2D eigenvalue weighted by Gasteiger charge is 2.37. The first-order valence-corrected chi connectivity index (χ1v) is 9.92. The topological polar surface area (TPSA) is 68.0 Å². The number of methoxy groups -OCH3 is 2. The molecule has 1 fully saturated rings. The maximum absolute atomic E-state index is 13.4. The van der Waals surface area contributed by atoms with Crippen molar-refractivity contribution in [2.75, 3.05) is 45.3 Å². The largest absolute Gasteiger partial charge is 0.493 e. The van der Waals surface area contributed by atoms with Crippen molar-refractivity contribution in [3.05, 3.63) is 47.3 Å². The molecule has 7 nitrogen and oxygen atoms in total. The Labute approximate surface area is 172 Å². The average Bonchev–Trinajstić information content (AvgIpc) is 3.17. The van der Waals surface area contributed by atoms with E-state index in [1.807, 2.05) is 17.0 Å². The maximum atomic E-state index is 13.4. The van der Waals surface area contributed by atoms with Crippen LogP contribution in [0.15, 0.2) is 34.9 Å². The molecule has 5 rings (SSSR count). The van der Waals surface area contributed by atoms with Crippen molar-refractivity contribution in [3.63, 3.8) is 0 Å². The van der Waals surface area contributed by atoms with Crippen LogP contribution in [-0.4, -0.2) is 56.4 Å². The second-order valence-corrected chi connectivity index (χ2v) is 7.62. The zero-order chi connectivity index (χ0) is 20.8. The van der Waals surface area contributed by atoms with E-state index in [0.717, 1.165) is 16.5 Å². The molecular weight excluding hydrogens is 389 g/mol. The van der Waals surface area contributed by atoms with Gasteiger partial charge in [0.05, 0.1) is 25.5 Å². The fourth-order valence-corrected chi connectivity index (χ4v) is 4.34. The van der Waals surface area contributed by atoms with Crippen LogP contribution in [0.25, 0.3) is 11.0 Å². The molecule has 1 amide bonds. The number of hydrogen-bond donors (Lipinski definition) is 0. The number of nitrogens with zero attached hydrogens (tertiary/aromatic N) is 3. The van der Waals surface area contributed by atoms with Gasteiger partial charge in [0.25, 0.3) is 0 Å². The van der Waals surface area contributed by atoms with Gasteiger partial charge in [-0.15, -0.1) is 0 Å². The van der Waals surface area contributed by atoms with E-state index in [4.69, 9.17) is 14.0 Å². The molecule has 2 aromatic carbocycles. The zero-order valence-electron chi connectivity index (χ0n) is 16.9. The third-order valence-electron chi connectivity index (χ3n) is 6.05. The first-order valence-electron chi connectivity index (χ1n) is 9.92. The SMILES string of the molecule is COc1cc2c(cc1OC)C(C(=O)N1CCN(c3noc4cc(F)ccc34)CC1)C2. The van der Waals surface area contributed by atoms with Gasteiger partial charge in [0.15, 0.2) is 22.9 Å². The summed E-state index contributed by atoms with van der Waals surface area (Å²) in [6, 6.07) is 8.29. The number of carbonyl (C=O) groups is 1. The number of anilines is 1. The van der Waals surface area contributed by atoms with Gasteiger partial charge in [-0.05, 0) is 41.8 Å². The summed E-state index contributed by atoms with van der Waals surface area (Å²) < 4.78 is 29.4. The second kappa shape index (κ2) is 7.19. The minimum atomic E-state index is -0.351. The van der Waals surface area contributed by atoms with Crippen LogP contribution < -0.4 is 14.4 Å². The molecule has 8 heteroatoms. The van der Waals surface area contributed by atoms with Crippen LogP contribution in [-0.2, 0) is 11.2 Å². The van der Waals surface area contributed by atoms with Crippen molar-refractivity contribution in [2.24, 2.45) is 0 Å². The average molecular weight is 411 g/mol. The predicted molar refractivity (Wildman–Crippen MR) is 109 cm³/mol. The number of aromatic nitrogens is 1. The lowest BCUT2D eigenvalue weighted by atomic mass is 9.76. The van der Waals surface area contributed by atoms with Crippen molar-refractivity contribution >= 4 is 22.7 Å². The van der Waals surface area contributed by atoms with Crippen LogP contribution in [0.5, 0.6) is 11.5 Å². The van der Waals surface area contributed by atoms with E-state index < -0.39 is 0 Å². The number of halogens is 1. The normalized spacial score (nSPS) is 18.2. The Bertz CT molecular complexity index is 1120. The molecular formula is C22H22FN3O4. The molecule has 2 heterocycles. The lowest BCUT2D eigenvalue weighted by Crippen LogP contribution is -2.51. The van der Waals surface area contributed by atoms with Gasteiger partial charge in [-0.1, -0.05) is 5.16 Å². The summed E-state index contributed by atoms with van der Waals surface area (Å²) in [6.07, 6.45) is 0.716. The molecule has 0 radical (unpaired) electrons. The number of hydrogen-bond acceptors (Lipinski definition) is 6. The maximum Gasteiger partial charge on any atom is 0.230 e. The predicted octanol–water partition coefficient (Wildman–Crippen LogP) is 2.97. The molecule has 1 atom stereocenters. The monoisotopic (exact) mass is 411 g/mol. The van der Waals surface area contributed by atoms with Gasteiger partial charge in [0.2, 0.25) is 5.91 Å². The standard InChI is InChI=1S/C22H22FN3O4/c1-28-19-10-13-9-17(16(13)12-20(19)29-2)22(27)26-7-5-25(6-8-26)21-15-4-3-14(23)11-18(15)30-24-21/h3-4,10-12,17H,5-9H2,1-2H3. The highest BCUT2D eigenvalue weighted by Crippen LogP contribution is 2.43. The Kier molecular flexibility index (Phi) is 4.49. The third kappa shape index (κ3) is 2.94.